The number of aliphatic carboxylic acids is 1. The molecule has 0 aromatic heterocycles. The van der Waals surface area contributed by atoms with Crippen molar-refractivity contribution < 1.29 is 19.4 Å². The van der Waals surface area contributed by atoms with Gasteiger partial charge in [0.15, 0.2) is 6.61 Å². The third-order valence-electron chi connectivity index (χ3n) is 2.86. The zero-order valence-electron chi connectivity index (χ0n) is 14.0. The highest BCUT2D eigenvalue weighted by molar-refractivity contribution is 5.79. The average molecular weight is 320 g/mol. The van der Waals surface area contributed by atoms with Crippen LogP contribution in [0.3, 0.4) is 0 Å². The number of benzene rings is 1. The van der Waals surface area contributed by atoms with Crippen molar-refractivity contribution in [2.45, 2.75) is 33.7 Å². The van der Waals surface area contributed by atoms with Crippen molar-refractivity contribution >= 4 is 17.6 Å². The standard InChI is InChI=1S/C15H19NO2.C2H5NO2/c1-6-7-18-15(17)13(5)16-14-11(3)8-10(2)9-12(14)4;3-1-2(4)5/h1,8-9,13,16H,7H2,2-5H3;1,3H2,(H,4,5)/t13-;/m0./s1. The van der Waals surface area contributed by atoms with Crippen molar-refractivity contribution in [3.8, 4) is 12.3 Å². The van der Waals surface area contributed by atoms with E-state index in [0.29, 0.717) is 0 Å². The second-order valence-corrected chi connectivity index (χ2v) is 5.05. The molecule has 6 heteroatoms. The molecule has 0 unspecified atom stereocenters. The molecule has 1 aromatic carbocycles. The first-order valence-corrected chi connectivity index (χ1v) is 7.09. The number of carbonyl (C=O) groups excluding carboxylic acids is 1. The summed E-state index contributed by atoms with van der Waals surface area (Å²) in [5, 5.41) is 10.8. The molecule has 1 atom stereocenters. The van der Waals surface area contributed by atoms with Gasteiger partial charge in [-0.05, 0) is 38.8 Å². The fraction of sp³-hybridized carbons (Fsp3) is 0.412. The van der Waals surface area contributed by atoms with E-state index >= 15 is 0 Å². The number of ether oxygens (including phenoxy) is 1. The fourth-order valence-electron chi connectivity index (χ4n) is 1.92. The van der Waals surface area contributed by atoms with Crippen molar-refractivity contribution in [1.82, 2.24) is 0 Å². The molecule has 0 saturated carbocycles. The van der Waals surface area contributed by atoms with Crippen LogP contribution >= 0.6 is 0 Å². The second-order valence-electron chi connectivity index (χ2n) is 5.05. The lowest BCUT2D eigenvalue weighted by molar-refractivity contribution is -0.142. The molecule has 0 aliphatic rings. The van der Waals surface area contributed by atoms with Crippen molar-refractivity contribution in [1.29, 1.82) is 0 Å². The molecule has 1 aromatic rings. The predicted molar refractivity (Wildman–Crippen MR) is 90.2 cm³/mol. The van der Waals surface area contributed by atoms with Gasteiger partial charge < -0.3 is 20.9 Å². The van der Waals surface area contributed by atoms with Gasteiger partial charge in [0.25, 0.3) is 0 Å². The summed E-state index contributed by atoms with van der Waals surface area (Å²) in [6.45, 7) is 7.58. The maximum absolute atomic E-state index is 11.6. The SMILES string of the molecule is C#CCOC(=O)[C@H](C)Nc1c(C)cc(C)cc1C.NCC(=O)O. The van der Waals surface area contributed by atoms with Crippen LogP contribution in [0.1, 0.15) is 23.6 Å². The molecule has 0 fully saturated rings. The zero-order chi connectivity index (χ0) is 18.0. The summed E-state index contributed by atoms with van der Waals surface area (Å²) in [7, 11) is 0. The summed E-state index contributed by atoms with van der Waals surface area (Å²) in [5.74, 6) is 0.969. The summed E-state index contributed by atoms with van der Waals surface area (Å²) in [5.41, 5.74) is 8.99. The number of aryl methyl sites for hydroxylation is 3. The third kappa shape index (κ3) is 7.88. The number of anilines is 1. The molecule has 4 N–H and O–H groups in total. The average Bonchev–Trinajstić information content (AvgIpc) is 2.48. The van der Waals surface area contributed by atoms with Gasteiger partial charge in [0.05, 0.1) is 6.54 Å². The van der Waals surface area contributed by atoms with E-state index in [1.807, 2.05) is 20.8 Å². The van der Waals surface area contributed by atoms with Crippen molar-refractivity contribution in [2.75, 3.05) is 18.5 Å². The topological polar surface area (TPSA) is 102 Å². The van der Waals surface area contributed by atoms with Gasteiger partial charge in [-0.3, -0.25) is 4.79 Å². The monoisotopic (exact) mass is 320 g/mol. The maximum Gasteiger partial charge on any atom is 0.329 e. The first-order chi connectivity index (χ1) is 10.7. The summed E-state index contributed by atoms with van der Waals surface area (Å²) in [4.78, 5) is 20.9. The molecule has 0 aliphatic carbocycles. The minimum Gasteiger partial charge on any atom is -0.480 e. The molecule has 0 spiro atoms. The van der Waals surface area contributed by atoms with Crippen LogP contribution in [0.25, 0.3) is 0 Å². The van der Waals surface area contributed by atoms with E-state index in [1.54, 1.807) is 6.92 Å². The molecular weight excluding hydrogens is 296 g/mol. The molecule has 0 saturated heterocycles. The van der Waals surface area contributed by atoms with Gasteiger partial charge in [0.2, 0.25) is 0 Å². The van der Waals surface area contributed by atoms with E-state index in [9.17, 15) is 9.59 Å². The Kier molecular flexibility index (Phi) is 9.12. The Morgan fingerprint density at radius 2 is 1.83 bits per heavy atom. The van der Waals surface area contributed by atoms with E-state index in [1.165, 1.54) is 5.56 Å². The number of carbonyl (C=O) groups is 2. The Balaban J connectivity index is 0.000000841. The quantitative estimate of drug-likeness (QED) is 0.563. The smallest absolute Gasteiger partial charge is 0.329 e. The number of esters is 1. The van der Waals surface area contributed by atoms with Gasteiger partial charge >= 0.3 is 11.9 Å². The van der Waals surface area contributed by atoms with Crippen molar-refractivity contribution in [3.05, 3.63) is 28.8 Å². The predicted octanol–water partition coefficient (Wildman–Crippen LogP) is 1.62. The summed E-state index contributed by atoms with van der Waals surface area (Å²) >= 11 is 0. The zero-order valence-corrected chi connectivity index (χ0v) is 14.0. The Morgan fingerprint density at radius 3 is 2.22 bits per heavy atom. The van der Waals surface area contributed by atoms with Crippen LogP contribution in [0.4, 0.5) is 5.69 Å². The van der Waals surface area contributed by atoms with Crippen LogP contribution in [-0.4, -0.2) is 36.2 Å². The Labute approximate surface area is 137 Å². The first kappa shape index (κ1) is 20.5. The van der Waals surface area contributed by atoms with Crippen molar-refractivity contribution in [2.24, 2.45) is 5.73 Å². The summed E-state index contributed by atoms with van der Waals surface area (Å²) in [6, 6.07) is 3.74. The number of carboxylic acids is 1. The molecular formula is C17H24N2O4. The van der Waals surface area contributed by atoms with Crippen LogP contribution in [-0.2, 0) is 14.3 Å². The Morgan fingerprint density at radius 1 is 1.35 bits per heavy atom. The Hall–Kier alpha value is -2.52. The third-order valence-corrected chi connectivity index (χ3v) is 2.86. The van der Waals surface area contributed by atoms with Crippen LogP contribution in [0.2, 0.25) is 0 Å². The number of terminal acetylenes is 1. The van der Waals surface area contributed by atoms with Crippen LogP contribution in [0.15, 0.2) is 12.1 Å². The highest BCUT2D eigenvalue weighted by atomic mass is 16.5. The molecule has 0 bridgehead atoms. The highest BCUT2D eigenvalue weighted by Gasteiger charge is 2.15. The molecule has 0 amide bonds. The molecule has 0 radical (unpaired) electrons. The van der Waals surface area contributed by atoms with Crippen molar-refractivity contribution in [3.63, 3.8) is 0 Å². The number of hydrogen-bond donors (Lipinski definition) is 3. The lowest BCUT2D eigenvalue weighted by Gasteiger charge is -2.18. The minimum absolute atomic E-state index is 0.0106. The van der Waals surface area contributed by atoms with E-state index in [2.05, 4.69) is 29.1 Å². The van der Waals surface area contributed by atoms with Crippen LogP contribution < -0.4 is 11.1 Å². The lowest BCUT2D eigenvalue weighted by Crippen LogP contribution is -2.29. The summed E-state index contributed by atoms with van der Waals surface area (Å²) < 4.78 is 4.89. The van der Waals surface area contributed by atoms with Gasteiger partial charge in [-0.2, -0.15) is 0 Å². The maximum atomic E-state index is 11.6. The van der Waals surface area contributed by atoms with Gasteiger partial charge in [-0.25, -0.2) is 4.79 Å². The molecule has 0 aliphatic heterocycles. The van der Waals surface area contributed by atoms with Gasteiger partial charge in [-0.1, -0.05) is 23.6 Å². The van der Waals surface area contributed by atoms with E-state index in [0.717, 1.165) is 16.8 Å². The number of nitrogens with two attached hydrogens (primary N) is 1. The van der Waals surface area contributed by atoms with Crippen LogP contribution in [0, 0.1) is 33.1 Å². The number of hydrogen-bond acceptors (Lipinski definition) is 5. The highest BCUT2D eigenvalue weighted by Crippen LogP contribution is 2.22. The van der Waals surface area contributed by atoms with E-state index in [-0.39, 0.29) is 19.1 Å². The van der Waals surface area contributed by atoms with Crippen LogP contribution in [0.5, 0.6) is 0 Å². The molecule has 6 nitrogen and oxygen atoms in total. The van der Waals surface area contributed by atoms with Gasteiger partial charge in [0, 0.05) is 5.69 Å². The van der Waals surface area contributed by atoms with E-state index < -0.39 is 12.0 Å². The second kappa shape index (κ2) is 10.2. The largest absolute Gasteiger partial charge is 0.480 e. The fourth-order valence-corrected chi connectivity index (χ4v) is 1.92. The number of rotatable bonds is 5. The molecule has 126 valence electrons. The van der Waals surface area contributed by atoms with E-state index in [4.69, 9.17) is 16.3 Å². The summed E-state index contributed by atoms with van der Waals surface area (Å²) in [6.07, 6.45) is 5.05. The molecule has 0 heterocycles. The van der Waals surface area contributed by atoms with Gasteiger partial charge in [-0.15, -0.1) is 6.42 Å². The van der Waals surface area contributed by atoms with Gasteiger partial charge in [0.1, 0.15) is 6.04 Å². The molecule has 1 rings (SSSR count). The normalized spacial score (nSPS) is 10.6. The lowest BCUT2D eigenvalue weighted by atomic mass is 10.0. The number of nitrogens with one attached hydrogen (secondary N) is 1. The minimum atomic E-state index is -0.968. The Bertz CT molecular complexity index is 568. The first-order valence-electron chi connectivity index (χ1n) is 7.09. The number of carboxylic acid groups (broad SMARTS) is 1. The molecule has 23 heavy (non-hydrogen) atoms.